The Labute approximate surface area is 100 Å². The lowest BCUT2D eigenvalue weighted by Crippen LogP contribution is -2.53. The van der Waals surface area contributed by atoms with Crippen LogP contribution in [0, 0.1) is 10.8 Å². The highest BCUT2D eigenvalue weighted by molar-refractivity contribution is 5.84. The molecule has 1 aliphatic heterocycles. The molecular weight excluding hydrogens is 198 g/mol. The molecular formula is C13H27N3. The van der Waals surface area contributed by atoms with Crippen LogP contribution in [0.1, 0.15) is 41.0 Å². The third-order valence-electron chi connectivity index (χ3n) is 3.56. The molecule has 0 amide bonds. The molecule has 1 rings (SSSR count). The summed E-state index contributed by atoms with van der Waals surface area (Å²) in [5, 5.41) is 8.16. The first-order chi connectivity index (χ1) is 7.36. The van der Waals surface area contributed by atoms with Crippen molar-refractivity contribution in [2.24, 2.45) is 5.41 Å². The minimum Gasteiger partial charge on any atom is -0.358 e. The Hall–Kier alpha value is -0.570. The molecule has 0 aromatic carbocycles. The van der Waals surface area contributed by atoms with Crippen LogP contribution in [0.3, 0.4) is 0 Å². The van der Waals surface area contributed by atoms with Crippen molar-refractivity contribution in [3.8, 4) is 0 Å². The standard InChI is InChI=1S/C13H27N3/c1-6-11(2)15-7-9-16(10-8-15)12(14)13(3,4)5/h11,14H,6-10H2,1-5H3. The average molecular weight is 225 g/mol. The second-order valence-corrected chi connectivity index (χ2v) is 5.88. The van der Waals surface area contributed by atoms with Gasteiger partial charge in [0.05, 0.1) is 0 Å². The van der Waals surface area contributed by atoms with E-state index in [2.05, 4.69) is 44.4 Å². The molecule has 0 aromatic rings. The molecule has 94 valence electrons. The van der Waals surface area contributed by atoms with E-state index in [0.717, 1.165) is 32.0 Å². The molecule has 1 N–H and O–H groups in total. The van der Waals surface area contributed by atoms with Crippen molar-refractivity contribution < 1.29 is 0 Å². The summed E-state index contributed by atoms with van der Waals surface area (Å²) in [6, 6.07) is 0.686. The van der Waals surface area contributed by atoms with Crippen LogP contribution in [-0.4, -0.2) is 47.9 Å². The Morgan fingerprint density at radius 2 is 1.69 bits per heavy atom. The largest absolute Gasteiger partial charge is 0.358 e. The summed E-state index contributed by atoms with van der Waals surface area (Å²) in [5.41, 5.74) is -0.0153. The average Bonchev–Trinajstić information content (AvgIpc) is 2.26. The van der Waals surface area contributed by atoms with Gasteiger partial charge in [-0.1, -0.05) is 27.7 Å². The second kappa shape index (κ2) is 5.17. The quantitative estimate of drug-likeness (QED) is 0.578. The molecule has 3 heteroatoms. The predicted molar refractivity (Wildman–Crippen MR) is 70.1 cm³/mol. The SMILES string of the molecule is CCC(C)N1CCN(C(=N)C(C)(C)C)CC1. The van der Waals surface area contributed by atoms with Gasteiger partial charge >= 0.3 is 0 Å². The highest BCUT2D eigenvalue weighted by Gasteiger charge is 2.27. The Balaban J connectivity index is 2.46. The van der Waals surface area contributed by atoms with Crippen LogP contribution in [-0.2, 0) is 0 Å². The zero-order valence-electron chi connectivity index (χ0n) is 11.5. The van der Waals surface area contributed by atoms with Gasteiger partial charge in [-0.05, 0) is 13.3 Å². The van der Waals surface area contributed by atoms with Crippen LogP contribution in [0.15, 0.2) is 0 Å². The first-order valence-electron chi connectivity index (χ1n) is 6.44. The number of hydrogen-bond acceptors (Lipinski definition) is 2. The van der Waals surface area contributed by atoms with Gasteiger partial charge in [-0.2, -0.15) is 0 Å². The van der Waals surface area contributed by atoms with Crippen molar-refractivity contribution in [1.82, 2.24) is 9.80 Å². The summed E-state index contributed by atoms with van der Waals surface area (Å²) in [6.45, 7) is 15.1. The van der Waals surface area contributed by atoms with E-state index in [1.807, 2.05) is 0 Å². The van der Waals surface area contributed by atoms with Crippen LogP contribution in [0.25, 0.3) is 0 Å². The Morgan fingerprint density at radius 3 is 2.06 bits per heavy atom. The van der Waals surface area contributed by atoms with E-state index < -0.39 is 0 Å². The van der Waals surface area contributed by atoms with Gasteiger partial charge in [0.25, 0.3) is 0 Å². The van der Waals surface area contributed by atoms with Gasteiger partial charge in [-0.25, -0.2) is 0 Å². The molecule has 1 unspecified atom stereocenters. The number of piperazine rings is 1. The van der Waals surface area contributed by atoms with E-state index in [0.29, 0.717) is 6.04 Å². The minimum atomic E-state index is -0.0153. The molecule has 1 atom stereocenters. The monoisotopic (exact) mass is 225 g/mol. The molecule has 1 heterocycles. The van der Waals surface area contributed by atoms with Gasteiger partial charge < -0.3 is 4.90 Å². The molecule has 0 spiro atoms. The highest BCUT2D eigenvalue weighted by atomic mass is 15.3. The van der Waals surface area contributed by atoms with E-state index >= 15 is 0 Å². The number of nitrogens with zero attached hydrogens (tertiary/aromatic N) is 2. The molecule has 1 saturated heterocycles. The van der Waals surface area contributed by atoms with Crippen LogP contribution in [0.5, 0.6) is 0 Å². The molecule has 0 saturated carbocycles. The van der Waals surface area contributed by atoms with Crippen molar-refractivity contribution in [3.63, 3.8) is 0 Å². The molecule has 1 fully saturated rings. The Kier molecular flexibility index (Phi) is 4.36. The van der Waals surface area contributed by atoms with E-state index in [4.69, 9.17) is 5.41 Å². The van der Waals surface area contributed by atoms with Gasteiger partial charge in [-0.3, -0.25) is 10.3 Å². The maximum atomic E-state index is 8.16. The zero-order valence-corrected chi connectivity index (χ0v) is 11.5. The molecule has 0 aliphatic carbocycles. The van der Waals surface area contributed by atoms with Gasteiger partial charge in [-0.15, -0.1) is 0 Å². The molecule has 1 aliphatic rings. The van der Waals surface area contributed by atoms with Crippen molar-refractivity contribution >= 4 is 5.84 Å². The van der Waals surface area contributed by atoms with Gasteiger partial charge in [0.1, 0.15) is 5.84 Å². The summed E-state index contributed by atoms with van der Waals surface area (Å²) in [7, 11) is 0. The van der Waals surface area contributed by atoms with Gasteiger partial charge in [0, 0.05) is 37.6 Å². The summed E-state index contributed by atoms with van der Waals surface area (Å²) < 4.78 is 0. The normalized spacial score (nSPS) is 20.9. The minimum absolute atomic E-state index is 0.0153. The Bertz CT molecular complexity index is 234. The van der Waals surface area contributed by atoms with E-state index in [-0.39, 0.29) is 5.41 Å². The van der Waals surface area contributed by atoms with Crippen LogP contribution < -0.4 is 0 Å². The van der Waals surface area contributed by atoms with Crippen LogP contribution in [0.4, 0.5) is 0 Å². The maximum absolute atomic E-state index is 8.16. The third-order valence-corrected chi connectivity index (χ3v) is 3.56. The van der Waals surface area contributed by atoms with Crippen molar-refractivity contribution in [1.29, 1.82) is 5.41 Å². The maximum Gasteiger partial charge on any atom is 0.101 e. The summed E-state index contributed by atoms with van der Waals surface area (Å²) in [6.07, 6.45) is 1.22. The molecule has 0 bridgehead atoms. The van der Waals surface area contributed by atoms with Crippen LogP contribution in [0.2, 0.25) is 0 Å². The molecule has 0 radical (unpaired) electrons. The number of hydrogen-bond donors (Lipinski definition) is 1. The summed E-state index contributed by atoms with van der Waals surface area (Å²) in [5.74, 6) is 0.788. The van der Waals surface area contributed by atoms with Gasteiger partial charge in [0.2, 0.25) is 0 Å². The highest BCUT2D eigenvalue weighted by Crippen LogP contribution is 2.19. The van der Waals surface area contributed by atoms with Crippen molar-refractivity contribution in [3.05, 3.63) is 0 Å². The summed E-state index contributed by atoms with van der Waals surface area (Å²) >= 11 is 0. The number of amidine groups is 1. The van der Waals surface area contributed by atoms with Crippen LogP contribution >= 0.6 is 0 Å². The first kappa shape index (κ1) is 13.5. The van der Waals surface area contributed by atoms with Gasteiger partial charge in [0.15, 0.2) is 0 Å². The topological polar surface area (TPSA) is 30.3 Å². The van der Waals surface area contributed by atoms with Crippen molar-refractivity contribution in [2.45, 2.75) is 47.1 Å². The number of nitrogens with one attached hydrogen (secondary N) is 1. The van der Waals surface area contributed by atoms with E-state index in [9.17, 15) is 0 Å². The molecule has 0 aromatic heterocycles. The van der Waals surface area contributed by atoms with Crippen molar-refractivity contribution in [2.75, 3.05) is 26.2 Å². The van der Waals surface area contributed by atoms with E-state index in [1.54, 1.807) is 0 Å². The lowest BCUT2D eigenvalue weighted by atomic mass is 9.93. The lowest BCUT2D eigenvalue weighted by molar-refractivity contribution is 0.132. The fraction of sp³-hybridized carbons (Fsp3) is 0.923. The smallest absolute Gasteiger partial charge is 0.101 e. The second-order valence-electron chi connectivity index (χ2n) is 5.88. The zero-order chi connectivity index (χ0) is 12.3. The summed E-state index contributed by atoms with van der Waals surface area (Å²) in [4.78, 5) is 4.77. The number of rotatable bonds is 2. The first-order valence-corrected chi connectivity index (χ1v) is 6.44. The molecule has 16 heavy (non-hydrogen) atoms. The van der Waals surface area contributed by atoms with E-state index in [1.165, 1.54) is 6.42 Å². The fourth-order valence-electron chi connectivity index (χ4n) is 2.12. The lowest BCUT2D eigenvalue weighted by Gasteiger charge is -2.41. The third kappa shape index (κ3) is 3.21. The fourth-order valence-corrected chi connectivity index (χ4v) is 2.12. The predicted octanol–water partition coefficient (Wildman–Crippen LogP) is 2.43. The Morgan fingerprint density at radius 1 is 1.19 bits per heavy atom. The molecule has 3 nitrogen and oxygen atoms in total.